The van der Waals surface area contributed by atoms with Gasteiger partial charge in [-0.15, -0.1) is 0 Å². The van der Waals surface area contributed by atoms with Crippen LogP contribution in [-0.4, -0.2) is 53.4 Å². The Hall–Kier alpha value is -2.51. The summed E-state index contributed by atoms with van der Waals surface area (Å²) in [5, 5.41) is 11.0. The lowest BCUT2D eigenvalue weighted by Gasteiger charge is -2.43. The highest BCUT2D eigenvalue weighted by atomic mass is 16.5. The molecule has 1 unspecified atom stereocenters. The molecule has 148 valence electrons. The molecule has 1 aromatic heterocycles. The number of nitrogens with zero attached hydrogens (tertiary/aromatic N) is 2. The molecule has 0 amide bonds. The summed E-state index contributed by atoms with van der Waals surface area (Å²) in [6.07, 6.45) is 2.83. The first-order valence-electron chi connectivity index (χ1n) is 9.93. The predicted octanol–water partition coefficient (Wildman–Crippen LogP) is 2.52. The maximum atomic E-state index is 12.5. The van der Waals surface area contributed by atoms with Crippen LogP contribution in [0.15, 0.2) is 35.1 Å². The monoisotopic (exact) mass is 381 g/mol. The molecule has 4 rings (SSSR count). The van der Waals surface area contributed by atoms with Crippen LogP contribution in [0.4, 0.5) is 5.82 Å². The molecule has 1 atom stereocenters. The number of aromatic amines is 1. The SMILES string of the molecule is CC(c1nc(NC2CCOCC2)c(C=N)c(=O)[nH]1)N1CC(c2ccccc2)C1. The third-order valence-electron chi connectivity index (χ3n) is 5.80. The number of hydrogen-bond acceptors (Lipinski definition) is 6. The van der Waals surface area contributed by atoms with E-state index in [0.717, 1.165) is 32.1 Å². The third kappa shape index (κ3) is 3.86. The Morgan fingerprint density at radius 3 is 2.68 bits per heavy atom. The van der Waals surface area contributed by atoms with Crippen LogP contribution in [-0.2, 0) is 4.74 Å². The van der Waals surface area contributed by atoms with E-state index in [0.29, 0.717) is 30.8 Å². The number of hydrogen-bond donors (Lipinski definition) is 3. The minimum absolute atomic E-state index is 0.0164. The number of likely N-dealkylation sites (tertiary alicyclic amines) is 1. The first-order valence-corrected chi connectivity index (χ1v) is 9.93. The van der Waals surface area contributed by atoms with Crippen molar-refractivity contribution >= 4 is 12.0 Å². The fourth-order valence-corrected chi connectivity index (χ4v) is 3.91. The van der Waals surface area contributed by atoms with Gasteiger partial charge in [-0.3, -0.25) is 9.69 Å². The van der Waals surface area contributed by atoms with Gasteiger partial charge in [0.2, 0.25) is 0 Å². The van der Waals surface area contributed by atoms with Crippen molar-refractivity contribution in [3.63, 3.8) is 0 Å². The minimum atomic E-state index is -0.262. The van der Waals surface area contributed by atoms with E-state index >= 15 is 0 Å². The molecule has 3 N–H and O–H groups in total. The van der Waals surface area contributed by atoms with Gasteiger partial charge >= 0.3 is 0 Å². The Kier molecular flexibility index (Phi) is 5.54. The molecule has 0 aliphatic carbocycles. The normalized spacial score (nSPS) is 19.8. The van der Waals surface area contributed by atoms with Crippen LogP contribution in [0.25, 0.3) is 0 Å². The highest BCUT2D eigenvalue weighted by Crippen LogP contribution is 2.33. The second-order valence-electron chi connectivity index (χ2n) is 7.63. The third-order valence-corrected chi connectivity index (χ3v) is 5.80. The van der Waals surface area contributed by atoms with Gasteiger partial charge in [-0.05, 0) is 25.3 Å². The lowest BCUT2D eigenvalue weighted by molar-refractivity contribution is 0.0901. The van der Waals surface area contributed by atoms with Crippen molar-refractivity contribution in [3.8, 4) is 0 Å². The van der Waals surface area contributed by atoms with Gasteiger partial charge in [0.15, 0.2) is 0 Å². The second kappa shape index (κ2) is 8.24. The van der Waals surface area contributed by atoms with Crippen molar-refractivity contribution in [1.29, 1.82) is 5.41 Å². The van der Waals surface area contributed by atoms with Gasteiger partial charge in [-0.1, -0.05) is 30.3 Å². The fourth-order valence-electron chi connectivity index (χ4n) is 3.91. The van der Waals surface area contributed by atoms with Gasteiger partial charge in [0, 0.05) is 44.5 Å². The van der Waals surface area contributed by atoms with Crippen LogP contribution in [0.3, 0.4) is 0 Å². The molecule has 7 nitrogen and oxygen atoms in total. The van der Waals surface area contributed by atoms with Gasteiger partial charge in [0.05, 0.1) is 11.6 Å². The van der Waals surface area contributed by atoms with Crippen molar-refractivity contribution in [2.75, 3.05) is 31.6 Å². The number of nitrogens with one attached hydrogen (secondary N) is 3. The largest absolute Gasteiger partial charge is 0.381 e. The molecule has 0 spiro atoms. The molecule has 2 aliphatic heterocycles. The average molecular weight is 381 g/mol. The molecule has 2 saturated heterocycles. The van der Waals surface area contributed by atoms with Crippen LogP contribution in [0, 0.1) is 5.41 Å². The highest BCUT2D eigenvalue weighted by molar-refractivity contribution is 5.83. The Bertz CT molecular complexity index is 870. The predicted molar refractivity (Wildman–Crippen MR) is 109 cm³/mol. The Morgan fingerprint density at radius 2 is 2.00 bits per heavy atom. The van der Waals surface area contributed by atoms with Crippen molar-refractivity contribution in [3.05, 3.63) is 57.6 Å². The summed E-state index contributed by atoms with van der Waals surface area (Å²) in [7, 11) is 0. The molecule has 28 heavy (non-hydrogen) atoms. The minimum Gasteiger partial charge on any atom is -0.381 e. The summed E-state index contributed by atoms with van der Waals surface area (Å²) < 4.78 is 5.40. The molecule has 0 saturated carbocycles. The van der Waals surface area contributed by atoms with Crippen molar-refractivity contribution in [1.82, 2.24) is 14.9 Å². The molecule has 0 bridgehead atoms. The second-order valence-corrected chi connectivity index (χ2v) is 7.63. The smallest absolute Gasteiger partial charge is 0.261 e. The number of anilines is 1. The lowest BCUT2D eigenvalue weighted by atomic mass is 9.90. The molecule has 2 fully saturated rings. The summed E-state index contributed by atoms with van der Waals surface area (Å²) in [4.78, 5) is 22.4. The zero-order chi connectivity index (χ0) is 19.5. The van der Waals surface area contributed by atoms with E-state index in [2.05, 4.69) is 46.4 Å². The molecule has 1 aromatic carbocycles. The lowest BCUT2D eigenvalue weighted by Crippen LogP contribution is -2.46. The summed E-state index contributed by atoms with van der Waals surface area (Å²) in [5.41, 5.74) is 1.38. The van der Waals surface area contributed by atoms with E-state index < -0.39 is 0 Å². The van der Waals surface area contributed by atoms with Crippen molar-refractivity contribution < 1.29 is 4.74 Å². The maximum Gasteiger partial charge on any atom is 0.261 e. The Morgan fingerprint density at radius 1 is 1.29 bits per heavy atom. The zero-order valence-electron chi connectivity index (χ0n) is 16.1. The number of aromatic nitrogens is 2. The average Bonchev–Trinajstić information content (AvgIpc) is 2.68. The van der Waals surface area contributed by atoms with Gasteiger partial charge in [-0.25, -0.2) is 4.98 Å². The van der Waals surface area contributed by atoms with Crippen LogP contribution < -0.4 is 10.9 Å². The molecule has 0 radical (unpaired) electrons. The van der Waals surface area contributed by atoms with E-state index in [1.54, 1.807) is 0 Å². The Balaban J connectivity index is 1.49. The molecular weight excluding hydrogens is 354 g/mol. The van der Waals surface area contributed by atoms with E-state index in [-0.39, 0.29) is 23.2 Å². The first-order chi connectivity index (χ1) is 13.7. The fraction of sp³-hybridized carbons (Fsp3) is 0.476. The quantitative estimate of drug-likeness (QED) is 0.669. The van der Waals surface area contributed by atoms with Crippen LogP contribution >= 0.6 is 0 Å². The standard InChI is InChI=1S/C21H27N5O2/c1-14(26-12-16(13-26)15-5-3-2-4-6-15)19-24-20(18(11-22)21(27)25-19)23-17-7-9-28-10-8-17/h2-6,11,14,16-17,22H,7-10,12-13H2,1H3,(H2,23,24,25,27). The van der Waals surface area contributed by atoms with Gasteiger partial charge < -0.3 is 20.4 Å². The Labute approximate surface area is 164 Å². The van der Waals surface area contributed by atoms with Gasteiger partial charge in [0.25, 0.3) is 5.56 Å². The maximum absolute atomic E-state index is 12.5. The number of benzene rings is 1. The molecule has 7 heteroatoms. The summed E-state index contributed by atoms with van der Waals surface area (Å²) in [6.45, 7) is 5.38. The zero-order valence-corrected chi connectivity index (χ0v) is 16.1. The van der Waals surface area contributed by atoms with E-state index in [1.165, 1.54) is 5.56 Å². The number of rotatable bonds is 6. The van der Waals surface area contributed by atoms with E-state index in [4.69, 9.17) is 15.1 Å². The van der Waals surface area contributed by atoms with Crippen LogP contribution in [0.1, 0.15) is 48.7 Å². The molecular formula is C21H27N5O2. The highest BCUT2D eigenvalue weighted by Gasteiger charge is 2.33. The van der Waals surface area contributed by atoms with Gasteiger partial charge in [0.1, 0.15) is 11.6 Å². The number of ether oxygens (including phenoxy) is 1. The van der Waals surface area contributed by atoms with Crippen molar-refractivity contribution in [2.24, 2.45) is 0 Å². The summed E-state index contributed by atoms with van der Waals surface area (Å²) in [6, 6.07) is 10.8. The van der Waals surface area contributed by atoms with Crippen LogP contribution in [0.2, 0.25) is 0 Å². The summed E-state index contributed by atoms with van der Waals surface area (Å²) >= 11 is 0. The first kappa shape index (κ1) is 18.8. The number of H-pyrrole nitrogens is 1. The van der Waals surface area contributed by atoms with E-state index in [1.807, 2.05) is 6.07 Å². The van der Waals surface area contributed by atoms with Gasteiger partial charge in [-0.2, -0.15) is 0 Å². The topological polar surface area (TPSA) is 94.1 Å². The van der Waals surface area contributed by atoms with Crippen molar-refractivity contribution in [2.45, 2.75) is 37.8 Å². The molecule has 2 aromatic rings. The summed E-state index contributed by atoms with van der Waals surface area (Å²) in [5.74, 6) is 1.68. The molecule has 3 heterocycles. The van der Waals surface area contributed by atoms with Crippen LogP contribution in [0.5, 0.6) is 0 Å². The molecule has 2 aliphatic rings. The van der Waals surface area contributed by atoms with E-state index in [9.17, 15) is 4.79 Å².